The summed E-state index contributed by atoms with van der Waals surface area (Å²) < 4.78 is 0. The van der Waals surface area contributed by atoms with Gasteiger partial charge in [0.2, 0.25) is 0 Å². The van der Waals surface area contributed by atoms with Crippen LogP contribution in [0.3, 0.4) is 0 Å². The Labute approximate surface area is 133 Å². The van der Waals surface area contributed by atoms with E-state index in [4.69, 9.17) is 6.42 Å². The predicted octanol–water partition coefficient (Wildman–Crippen LogP) is 3.35. The maximum atomic E-state index is 11.7. The van der Waals surface area contributed by atoms with Gasteiger partial charge in [0, 0.05) is 12.3 Å². The lowest BCUT2D eigenvalue weighted by Gasteiger charge is -2.53. The van der Waals surface area contributed by atoms with Crippen LogP contribution >= 0.6 is 0 Å². The van der Waals surface area contributed by atoms with Gasteiger partial charge in [-0.25, -0.2) is 0 Å². The second kappa shape index (κ2) is 4.96. The molecule has 0 saturated heterocycles. The van der Waals surface area contributed by atoms with Crippen molar-refractivity contribution < 1.29 is 9.90 Å². The van der Waals surface area contributed by atoms with Crippen molar-refractivity contribution in [2.24, 2.45) is 35.0 Å². The van der Waals surface area contributed by atoms with E-state index >= 15 is 0 Å². The molecule has 0 spiro atoms. The topological polar surface area (TPSA) is 37.3 Å². The van der Waals surface area contributed by atoms with Gasteiger partial charge in [0.15, 0.2) is 5.78 Å². The average molecular weight is 298 g/mol. The number of hydrogen-bond donors (Lipinski definition) is 1. The summed E-state index contributed by atoms with van der Waals surface area (Å²) in [6.45, 7) is 2.27. The third-order valence-electron chi connectivity index (χ3n) is 7.52. The van der Waals surface area contributed by atoms with E-state index < -0.39 is 0 Å². The van der Waals surface area contributed by atoms with Crippen LogP contribution in [0.25, 0.3) is 0 Å². The van der Waals surface area contributed by atoms with Gasteiger partial charge in [-0.3, -0.25) is 4.79 Å². The molecule has 7 atom stereocenters. The van der Waals surface area contributed by atoms with Gasteiger partial charge in [0.1, 0.15) is 0 Å². The zero-order valence-electron chi connectivity index (χ0n) is 13.4. The maximum Gasteiger partial charge on any atom is 0.155 e. The largest absolute Gasteiger partial charge is 0.391 e. The number of fused-ring (bicyclic) bond motifs is 5. The smallest absolute Gasteiger partial charge is 0.155 e. The molecule has 1 N–H and O–H groups in total. The summed E-state index contributed by atoms with van der Waals surface area (Å²) >= 11 is 0. The molecule has 2 heteroatoms. The molecule has 4 aliphatic carbocycles. The molecule has 4 aliphatic rings. The third kappa shape index (κ3) is 1.88. The number of hydrogen-bond acceptors (Lipinski definition) is 2. The molecule has 0 heterocycles. The molecule has 0 aromatic heterocycles. The normalized spacial score (nSPS) is 50.4. The molecule has 0 aliphatic heterocycles. The summed E-state index contributed by atoms with van der Waals surface area (Å²) in [6, 6.07) is 0. The molecular weight excluding hydrogens is 272 g/mol. The van der Waals surface area contributed by atoms with Gasteiger partial charge in [0.25, 0.3) is 0 Å². The number of carbonyl (C=O) groups excluding carboxylic acids is 1. The summed E-state index contributed by atoms with van der Waals surface area (Å²) in [5.41, 5.74) is 1.44. The number of rotatable bonds is 0. The van der Waals surface area contributed by atoms with Crippen LogP contribution in [-0.4, -0.2) is 17.0 Å². The van der Waals surface area contributed by atoms with Crippen LogP contribution in [0, 0.1) is 47.3 Å². The van der Waals surface area contributed by atoms with Gasteiger partial charge < -0.3 is 5.11 Å². The van der Waals surface area contributed by atoms with Gasteiger partial charge in [-0.2, -0.15) is 0 Å². The van der Waals surface area contributed by atoms with Gasteiger partial charge in [-0.05, 0) is 73.7 Å². The first-order valence-corrected chi connectivity index (χ1v) is 8.92. The molecule has 2 unspecified atom stereocenters. The van der Waals surface area contributed by atoms with Crippen molar-refractivity contribution in [1.29, 1.82) is 0 Å². The van der Waals surface area contributed by atoms with E-state index in [-0.39, 0.29) is 17.4 Å². The Balaban J connectivity index is 1.64. The van der Waals surface area contributed by atoms with E-state index in [1.54, 1.807) is 0 Å². The summed E-state index contributed by atoms with van der Waals surface area (Å²) in [7, 11) is 0. The summed E-state index contributed by atoms with van der Waals surface area (Å²) in [5.74, 6) is 5.83. The summed E-state index contributed by atoms with van der Waals surface area (Å²) in [4.78, 5) is 11.7. The van der Waals surface area contributed by atoms with Crippen LogP contribution in [0.5, 0.6) is 0 Å². The van der Waals surface area contributed by atoms with E-state index in [9.17, 15) is 9.90 Å². The second-order valence-corrected chi connectivity index (χ2v) is 8.30. The zero-order chi connectivity index (χ0) is 15.5. The SMILES string of the molecule is C#CC1C[C@H]2[C@@H]3CCC4=CC(=O)CC[C@@H]4[C@H]3CC[C@]2(C)C1O. The van der Waals surface area contributed by atoms with E-state index in [2.05, 4.69) is 12.8 Å². The highest BCUT2D eigenvalue weighted by atomic mass is 16.3. The average Bonchev–Trinajstić information content (AvgIpc) is 2.78. The molecule has 118 valence electrons. The van der Waals surface area contributed by atoms with Crippen molar-refractivity contribution in [3.8, 4) is 12.3 Å². The minimum Gasteiger partial charge on any atom is -0.391 e. The Hall–Kier alpha value is -1.07. The quantitative estimate of drug-likeness (QED) is 0.696. The number of carbonyl (C=O) groups is 1. The first kappa shape index (κ1) is 14.5. The monoisotopic (exact) mass is 298 g/mol. The minimum atomic E-state index is -0.326. The van der Waals surface area contributed by atoms with E-state index in [1.165, 1.54) is 18.4 Å². The Bertz CT molecular complexity index is 569. The van der Waals surface area contributed by atoms with Gasteiger partial charge in [-0.1, -0.05) is 12.5 Å². The lowest BCUT2D eigenvalue weighted by molar-refractivity contribution is -0.116. The van der Waals surface area contributed by atoms with E-state index in [0.717, 1.165) is 38.0 Å². The van der Waals surface area contributed by atoms with Crippen molar-refractivity contribution in [2.75, 3.05) is 0 Å². The molecule has 0 aromatic carbocycles. The molecular formula is C20H26O2. The van der Waals surface area contributed by atoms with Gasteiger partial charge in [0.05, 0.1) is 6.10 Å². The number of terminal acetylenes is 1. The molecule has 0 bridgehead atoms. The third-order valence-corrected chi connectivity index (χ3v) is 7.52. The Kier molecular flexibility index (Phi) is 3.28. The molecule has 2 nitrogen and oxygen atoms in total. The Morgan fingerprint density at radius 3 is 2.86 bits per heavy atom. The van der Waals surface area contributed by atoms with Crippen LogP contribution in [0.15, 0.2) is 11.6 Å². The molecule has 0 aromatic rings. The highest BCUT2D eigenvalue weighted by molar-refractivity contribution is 5.91. The van der Waals surface area contributed by atoms with Gasteiger partial charge in [-0.15, -0.1) is 12.3 Å². The Morgan fingerprint density at radius 1 is 1.27 bits per heavy atom. The lowest BCUT2D eigenvalue weighted by Crippen LogP contribution is -2.47. The van der Waals surface area contributed by atoms with Crippen LogP contribution in [0.2, 0.25) is 0 Å². The van der Waals surface area contributed by atoms with Crippen molar-refractivity contribution in [3.63, 3.8) is 0 Å². The second-order valence-electron chi connectivity index (χ2n) is 8.30. The van der Waals surface area contributed by atoms with Crippen molar-refractivity contribution in [1.82, 2.24) is 0 Å². The number of aliphatic hydroxyl groups is 1. The van der Waals surface area contributed by atoms with Crippen LogP contribution in [0.1, 0.15) is 51.9 Å². The summed E-state index contributed by atoms with van der Waals surface area (Å²) in [5, 5.41) is 10.7. The summed E-state index contributed by atoms with van der Waals surface area (Å²) in [6.07, 6.45) is 14.6. The van der Waals surface area contributed by atoms with Crippen LogP contribution < -0.4 is 0 Å². The highest BCUT2D eigenvalue weighted by Gasteiger charge is 2.58. The molecule has 4 rings (SSSR count). The number of allylic oxidation sites excluding steroid dienone is 1. The van der Waals surface area contributed by atoms with Crippen LogP contribution in [0.4, 0.5) is 0 Å². The molecule has 3 fully saturated rings. The first-order chi connectivity index (χ1) is 10.5. The first-order valence-electron chi connectivity index (χ1n) is 8.92. The Morgan fingerprint density at radius 2 is 2.09 bits per heavy atom. The predicted molar refractivity (Wildman–Crippen MR) is 85.8 cm³/mol. The standard InChI is InChI=1S/C20H26O2/c1-3-12-11-18-17-6-4-13-10-14(21)5-7-15(13)16(17)8-9-20(18,2)19(12)22/h1,10,12,15-19,22H,4-9,11H2,2H3/t12?,15-,16+,17+,18-,19?,20-/m0/s1. The lowest BCUT2D eigenvalue weighted by atomic mass is 9.52. The minimum absolute atomic E-state index is 0.0178. The van der Waals surface area contributed by atoms with Gasteiger partial charge >= 0.3 is 0 Å². The van der Waals surface area contributed by atoms with Crippen molar-refractivity contribution in [3.05, 3.63) is 11.6 Å². The molecule has 22 heavy (non-hydrogen) atoms. The van der Waals surface area contributed by atoms with Crippen LogP contribution in [-0.2, 0) is 4.79 Å². The maximum absolute atomic E-state index is 11.7. The van der Waals surface area contributed by atoms with Crippen molar-refractivity contribution in [2.45, 2.75) is 58.0 Å². The number of aliphatic hydroxyl groups excluding tert-OH is 1. The molecule has 0 radical (unpaired) electrons. The van der Waals surface area contributed by atoms with E-state index in [1.807, 2.05) is 6.08 Å². The fourth-order valence-corrected chi connectivity index (χ4v) is 6.36. The number of ketones is 1. The fraction of sp³-hybridized carbons (Fsp3) is 0.750. The fourth-order valence-electron chi connectivity index (χ4n) is 6.36. The highest BCUT2D eigenvalue weighted by Crippen LogP contribution is 2.62. The molecule has 3 saturated carbocycles. The molecule has 0 amide bonds. The zero-order valence-corrected chi connectivity index (χ0v) is 13.4. The van der Waals surface area contributed by atoms with E-state index in [0.29, 0.717) is 23.5 Å². The van der Waals surface area contributed by atoms with Crippen molar-refractivity contribution >= 4 is 5.78 Å².